The number of hydrogen-bond acceptors (Lipinski definition) is 2. The molecule has 0 aliphatic carbocycles. The fourth-order valence-corrected chi connectivity index (χ4v) is 0.890. The number of allylic oxidation sites excluding steroid dienone is 4. The molecule has 0 N–H and O–H groups in total. The van der Waals surface area contributed by atoms with E-state index in [9.17, 15) is 0 Å². The summed E-state index contributed by atoms with van der Waals surface area (Å²) in [7, 11) is 1.54. The van der Waals surface area contributed by atoms with E-state index in [4.69, 9.17) is 0 Å². The molecule has 2 nitrogen and oxygen atoms in total. The molecule has 74 valence electrons. The molecule has 0 aliphatic rings. The summed E-state index contributed by atoms with van der Waals surface area (Å²) in [6, 6.07) is 0. The summed E-state index contributed by atoms with van der Waals surface area (Å²) in [5.41, 5.74) is 2.69. The Morgan fingerprint density at radius 3 is 2.54 bits per heavy atom. The van der Waals surface area contributed by atoms with Crippen LogP contribution >= 0.6 is 0 Å². The first-order valence-corrected chi connectivity index (χ1v) is 4.52. The third-order valence-corrected chi connectivity index (χ3v) is 1.62. The Labute approximate surface area is 81.0 Å². The van der Waals surface area contributed by atoms with Gasteiger partial charge in [-0.15, -0.1) is 0 Å². The molecule has 0 bridgehead atoms. The highest BCUT2D eigenvalue weighted by Crippen LogP contribution is 2.05. The Bertz CT molecular complexity index is 210. The molecule has 0 atom stereocenters. The second-order valence-electron chi connectivity index (χ2n) is 3.27. The van der Waals surface area contributed by atoms with E-state index in [2.05, 4.69) is 36.8 Å². The minimum absolute atomic E-state index is 1.08. The molecule has 0 aromatic heterocycles. The van der Waals surface area contributed by atoms with Gasteiger partial charge in [-0.05, 0) is 39.7 Å². The fraction of sp³-hybridized carbons (Fsp3) is 0.545. The zero-order valence-electron chi connectivity index (χ0n) is 9.00. The summed E-state index contributed by atoms with van der Waals surface area (Å²) >= 11 is 0. The Hall–Kier alpha value is -1.05. The van der Waals surface area contributed by atoms with Crippen LogP contribution in [0.25, 0.3) is 0 Å². The summed E-state index contributed by atoms with van der Waals surface area (Å²) in [6.45, 7) is 6.33. The molecule has 0 aromatic rings. The van der Waals surface area contributed by atoms with Gasteiger partial charge in [-0.3, -0.25) is 0 Å². The van der Waals surface area contributed by atoms with Gasteiger partial charge in [0.15, 0.2) is 0 Å². The first-order chi connectivity index (χ1) is 6.16. The zero-order chi connectivity index (χ0) is 10.1. The fourth-order valence-electron chi connectivity index (χ4n) is 0.890. The molecule has 2 heteroatoms. The number of nitrogens with zero attached hydrogens (tertiary/aromatic N) is 1. The Morgan fingerprint density at radius 1 is 1.31 bits per heavy atom. The summed E-state index contributed by atoms with van der Waals surface area (Å²) in [6.07, 6.45) is 8.08. The molecular weight excluding hydrogens is 162 g/mol. The Kier molecular flexibility index (Phi) is 6.98. The van der Waals surface area contributed by atoms with Crippen LogP contribution < -0.4 is 0 Å². The lowest BCUT2D eigenvalue weighted by atomic mass is 10.1. The molecule has 0 aromatic carbocycles. The van der Waals surface area contributed by atoms with E-state index in [0.29, 0.717) is 0 Å². The van der Waals surface area contributed by atoms with E-state index in [-0.39, 0.29) is 0 Å². The summed E-state index contributed by atoms with van der Waals surface area (Å²) in [5.74, 6) is 0. The molecule has 0 unspecified atom stereocenters. The van der Waals surface area contributed by atoms with E-state index >= 15 is 0 Å². The molecule has 0 amide bonds. The van der Waals surface area contributed by atoms with Crippen molar-refractivity contribution in [3.63, 3.8) is 0 Å². The quantitative estimate of drug-likeness (QED) is 0.362. The first kappa shape index (κ1) is 11.9. The lowest BCUT2D eigenvalue weighted by Crippen LogP contribution is -1.78. The number of oxime groups is 1. The van der Waals surface area contributed by atoms with Gasteiger partial charge in [0.2, 0.25) is 0 Å². The highest BCUT2D eigenvalue weighted by Gasteiger charge is 1.86. The zero-order valence-corrected chi connectivity index (χ0v) is 9.00. The topological polar surface area (TPSA) is 21.6 Å². The molecule has 0 aliphatic heterocycles. The van der Waals surface area contributed by atoms with E-state index in [1.165, 1.54) is 11.1 Å². The smallest absolute Gasteiger partial charge is 0.106 e. The van der Waals surface area contributed by atoms with Gasteiger partial charge in [0.25, 0.3) is 0 Å². The molecule has 0 radical (unpaired) electrons. The van der Waals surface area contributed by atoms with Crippen LogP contribution in [-0.4, -0.2) is 13.3 Å². The van der Waals surface area contributed by atoms with Crippen molar-refractivity contribution in [2.45, 2.75) is 33.6 Å². The standard InChI is InChI=1S/C11H19NO/c1-10(2)6-5-7-11(3)8-9-12-13-4/h6,8-9H,5,7H2,1-4H3/b11-8+,12-9+. The van der Waals surface area contributed by atoms with Gasteiger partial charge in [-0.25, -0.2) is 0 Å². The second kappa shape index (κ2) is 7.59. The molecule has 0 saturated heterocycles. The first-order valence-electron chi connectivity index (χ1n) is 4.52. The molecule has 0 spiro atoms. The van der Waals surface area contributed by atoms with Crippen molar-refractivity contribution < 1.29 is 4.84 Å². The van der Waals surface area contributed by atoms with Crippen molar-refractivity contribution in [1.29, 1.82) is 0 Å². The van der Waals surface area contributed by atoms with Crippen molar-refractivity contribution in [2.75, 3.05) is 7.11 Å². The highest BCUT2D eigenvalue weighted by atomic mass is 16.6. The Morgan fingerprint density at radius 2 is 2.00 bits per heavy atom. The predicted molar refractivity (Wildman–Crippen MR) is 57.9 cm³/mol. The van der Waals surface area contributed by atoms with E-state index in [0.717, 1.165) is 12.8 Å². The van der Waals surface area contributed by atoms with Crippen molar-refractivity contribution in [1.82, 2.24) is 0 Å². The van der Waals surface area contributed by atoms with Gasteiger partial charge < -0.3 is 4.84 Å². The minimum atomic E-state index is 1.08. The maximum Gasteiger partial charge on any atom is 0.106 e. The van der Waals surface area contributed by atoms with Crippen molar-refractivity contribution in [3.05, 3.63) is 23.3 Å². The maximum absolute atomic E-state index is 4.55. The SMILES string of the molecule is CO/N=C/C=C(\C)CCC=C(C)C. The Balaban J connectivity index is 3.73. The van der Waals surface area contributed by atoms with Crippen LogP contribution in [0, 0.1) is 0 Å². The van der Waals surface area contributed by atoms with Crippen LogP contribution in [0.1, 0.15) is 33.6 Å². The highest BCUT2D eigenvalue weighted by molar-refractivity contribution is 5.71. The summed E-state index contributed by atoms with van der Waals surface area (Å²) < 4.78 is 0. The average molecular weight is 181 g/mol. The minimum Gasteiger partial charge on any atom is -0.399 e. The van der Waals surface area contributed by atoms with Crippen LogP contribution in [0.2, 0.25) is 0 Å². The summed E-state index contributed by atoms with van der Waals surface area (Å²) in [5, 5.41) is 3.64. The van der Waals surface area contributed by atoms with Gasteiger partial charge in [-0.1, -0.05) is 22.4 Å². The number of hydrogen-bond donors (Lipinski definition) is 0. The van der Waals surface area contributed by atoms with Crippen molar-refractivity contribution in [3.8, 4) is 0 Å². The van der Waals surface area contributed by atoms with Crippen LogP contribution in [-0.2, 0) is 4.84 Å². The van der Waals surface area contributed by atoms with Gasteiger partial charge in [0.1, 0.15) is 7.11 Å². The van der Waals surface area contributed by atoms with E-state index < -0.39 is 0 Å². The normalized spacial score (nSPS) is 11.8. The average Bonchev–Trinajstić information content (AvgIpc) is 2.04. The predicted octanol–water partition coefficient (Wildman–Crippen LogP) is 3.31. The maximum atomic E-state index is 4.55. The van der Waals surface area contributed by atoms with Crippen LogP contribution in [0.15, 0.2) is 28.5 Å². The lowest BCUT2D eigenvalue weighted by Gasteiger charge is -1.95. The van der Waals surface area contributed by atoms with Gasteiger partial charge >= 0.3 is 0 Å². The molecule has 0 heterocycles. The van der Waals surface area contributed by atoms with Crippen molar-refractivity contribution in [2.24, 2.45) is 5.16 Å². The molecule has 13 heavy (non-hydrogen) atoms. The third-order valence-electron chi connectivity index (χ3n) is 1.62. The van der Waals surface area contributed by atoms with Gasteiger partial charge in [0.05, 0.1) is 6.21 Å². The molecule has 0 saturated carbocycles. The second-order valence-corrected chi connectivity index (χ2v) is 3.27. The van der Waals surface area contributed by atoms with E-state index in [1.54, 1.807) is 13.3 Å². The van der Waals surface area contributed by atoms with E-state index in [1.807, 2.05) is 6.08 Å². The molecule has 0 fully saturated rings. The largest absolute Gasteiger partial charge is 0.399 e. The van der Waals surface area contributed by atoms with Crippen molar-refractivity contribution >= 4 is 6.21 Å². The molecule has 0 rings (SSSR count). The van der Waals surface area contributed by atoms with Crippen LogP contribution in [0.4, 0.5) is 0 Å². The lowest BCUT2D eigenvalue weighted by molar-refractivity contribution is 0.215. The number of rotatable bonds is 5. The third kappa shape index (κ3) is 8.86. The van der Waals surface area contributed by atoms with Gasteiger partial charge in [-0.2, -0.15) is 0 Å². The monoisotopic (exact) mass is 181 g/mol. The molecular formula is C11H19NO. The van der Waals surface area contributed by atoms with Crippen LogP contribution in [0.3, 0.4) is 0 Å². The van der Waals surface area contributed by atoms with Gasteiger partial charge in [0, 0.05) is 0 Å². The van der Waals surface area contributed by atoms with Crippen LogP contribution in [0.5, 0.6) is 0 Å². The summed E-state index contributed by atoms with van der Waals surface area (Å²) in [4.78, 5) is 4.55.